The van der Waals surface area contributed by atoms with Crippen LogP contribution in [-0.4, -0.2) is 24.3 Å². The zero-order valence-electron chi connectivity index (χ0n) is 11.6. The van der Waals surface area contributed by atoms with Gasteiger partial charge in [0.1, 0.15) is 5.75 Å². The van der Waals surface area contributed by atoms with Crippen LogP contribution in [0.15, 0.2) is 36.4 Å². The first-order valence-electron chi connectivity index (χ1n) is 6.61. The number of fused-ring (bicyclic) bond motifs is 1. The third-order valence-electron chi connectivity index (χ3n) is 3.00. The van der Waals surface area contributed by atoms with Gasteiger partial charge < -0.3 is 14.6 Å². The Morgan fingerprint density at radius 2 is 2.00 bits per heavy atom. The van der Waals surface area contributed by atoms with E-state index < -0.39 is 12.1 Å². The van der Waals surface area contributed by atoms with Crippen LogP contribution < -0.4 is 4.74 Å². The van der Waals surface area contributed by atoms with E-state index in [0.29, 0.717) is 17.9 Å². The zero-order valence-corrected chi connectivity index (χ0v) is 11.6. The van der Waals surface area contributed by atoms with Crippen LogP contribution in [0.2, 0.25) is 0 Å². The highest BCUT2D eigenvalue weighted by Gasteiger charge is 2.14. The van der Waals surface area contributed by atoms with E-state index in [0.717, 1.165) is 10.8 Å². The lowest BCUT2D eigenvalue weighted by molar-refractivity contribution is -0.145. The van der Waals surface area contributed by atoms with Gasteiger partial charge in [-0.25, -0.2) is 4.79 Å². The second kappa shape index (κ2) is 6.39. The monoisotopic (exact) mass is 274 g/mol. The summed E-state index contributed by atoms with van der Waals surface area (Å²) in [4.78, 5) is 11.4. The number of rotatable bonds is 5. The Bertz CT molecular complexity index is 604. The fourth-order valence-electron chi connectivity index (χ4n) is 2.08. The Balaban J connectivity index is 2.37. The predicted molar refractivity (Wildman–Crippen MR) is 76.7 cm³/mol. The predicted octanol–water partition coefficient (Wildman–Crippen LogP) is 2.84. The maximum atomic E-state index is 11.4. The Hall–Kier alpha value is -2.07. The number of benzene rings is 2. The molecule has 1 unspecified atom stereocenters. The van der Waals surface area contributed by atoms with Crippen molar-refractivity contribution in [3.63, 3.8) is 0 Å². The molecule has 4 nitrogen and oxygen atoms in total. The van der Waals surface area contributed by atoms with Gasteiger partial charge in [0.2, 0.25) is 0 Å². The van der Waals surface area contributed by atoms with E-state index >= 15 is 0 Å². The number of aliphatic hydroxyl groups excluding tert-OH is 1. The van der Waals surface area contributed by atoms with E-state index in [9.17, 15) is 9.90 Å². The van der Waals surface area contributed by atoms with Gasteiger partial charge in [0.05, 0.1) is 12.7 Å². The van der Waals surface area contributed by atoms with Crippen molar-refractivity contribution in [1.82, 2.24) is 0 Å². The zero-order chi connectivity index (χ0) is 14.5. The molecule has 0 bridgehead atoms. The van der Waals surface area contributed by atoms with Crippen LogP contribution in [0.5, 0.6) is 5.75 Å². The van der Waals surface area contributed by atoms with Crippen LogP contribution >= 0.6 is 0 Å². The number of hydrogen-bond donors (Lipinski definition) is 1. The van der Waals surface area contributed by atoms with Crippen molar-refractivity contribution in [3.05, 3.63) is 42.0 Å². The summed E-state index contributed by atoms with van der Waals surface area (Å²) in [5.41, 5.74) is 0.660. The number of carbonyl (C=O) groups is 1. The number of hydrogen-bond acceptors (Lipinski definition) is 4. The minimum Gasteiger partial charge on any atom is -0.481 e. The number of aliphatic hydroxyl groups is 1. The van der Waals surface area contributed by atoms with Crippen molar-refractivity contribution in [2.75, 3.05) is 13.2 Å². The van der Waals surface area contributed by atoms with Crippen LogP contribution in [0.3, 0.4) is 0 Å². The molecule has 0 amide bonds. The van der Waals surface area contributed by atoms with Gasteiger partial charge in [0.15, 0.2) is 6.61 Å². The van der Waals surface area contributed by atoms with Gasteiger partial charge in [-0.3, -0.25) is 0 Å². The van der Waals surface area contributed by atoms with Crippen LogP contribution in [-0.2, 0) is 9.53 Å². The third kappa shape index (κ3) is 3.08. The molecule has 0 radical (unpaired) electrons. The van der Waals surface area contributed by atoms with E-state index in [4.69, 9.17) is 9.47 Å². The van der Waals surface area contributed by atoms with Crippen molar-refractivity contribution in [2.24, 2.45) is 0 Å². The summed E-state index contributed by atoms with van der Waals surface area (Å²) in [6, 6.07) is 11.4. The molecule has 2 rings (SSSR count). The first-order valence-corrected chi connectivity index (χ1v) is 6.61. The molecule has 4 heteroatoms. The highest BCUT2D eigenvalue weighted by atomic mass is 16.6. The standard InChI is InChI=1S/C16H18O4/c1-3-19-15(18)10-20-16-13(11(2)17)9-8-12-6-4-5-7-14(12)16/h4-9,11,17H,3,10H2,1-2H3. The fraction of sp³-hybridized carbons (Fsp3) is 0.312. The first-order chi connectivity index (χ1) is 9.63. The molecule has 1 atom stereocenters. The molecule has 0 aliphatic rings. The fourth-order valence-corrected chi connectivity index (χ4v) is 2.08. The van der Waals surface area contributed by atoms with E-state index in [2.05, 4.69) is 0 Å². The van der Waals surface area contributed by atoms with Crippen molar-refractivity contribution >= 4 is 16.7 Å². The molecule has 0 spiro atoms. The van der Waals surface area contributed by atoms with Gasteiger partial charge in [0, 0.05) is 10.9 Å². The normalized spacial score (nSPS) is 12.2. The molecular weight excluding hydrogens is 256 g/mol. The SMILES string of the molecule is CCOC(=O)COc1c(C(C)O)ccc2ccccc12. The van der Waals surface area contributed by atoms with Gasteiger partial charge in [-0.15, -0.1) is 0 Å². The maximum Gasteiger partial charge on any atom is 0.344 e. The van der Waals surface area contributed by atoms with Gasteiger partial charge in [-0.05, 0) is 19.2 Å². The largest absolute Gasteiger partial charge is 0.481 e. The van der Waals surface area contributed by atoms with E-state index in [1.54, 1.807) is 13.8 Å². The average Bonchev–Trinajstić information content (AvgIpc) is 2.44. The van der Waals surface area contributed by atoms with Crippen LogP contribution in [0.25, 0.3) is 10.8 Å². The average molecular weight is 274 g/mol. The van der Waals surface area contributed by atoms with E-state index in [1.165, 1.54) is 0 Å². The quantitative estimate of drug-likeness (QED) is 0.852. The summed E-state index contributed by atoms with van der Waals surface area (Å²) in [6.45, 7) is 3.57. The summed E-state index contributed by atoms with van der Waals surface area (Å²) in [6.07, 6.45) is -0.670. The Kier molecular flexibility index (Phi) is 4.58. The van der Waals surface area contributed by atoms with Crippen molar-refractivity contribution in [1.29, 1.82) is 0 Å². The number of esters is 1. The molecule has 0 saturated carbocycles. The smallest absolute Gasteiger partial charge is 0.344 e. The molecule has 20 heavy (non-hydrogen) atoms. The Labute approximate surface area is 117 Å². The van der Waals surface area contributed by atoms with Gasteiger partial charge in [-0.1, -0.05) is 36.4 Å². The highest BCUT2D eigenvalue weighted by Crippen LogP contribution is 2.33. The minimum atomic E-state index is -0.670. The minimum absolute atomic E-state index is 0.165. The molecule has 106 valence electrons. The third-order valence-corrected chi connectivity index (χ3v) is 3.00. The molecule has 1 N–H and O–H groups in total. The van der Waals surface area contributed by atoms with Crippen LogP contribution in [0.1, 0.15) is 25.5 Å². The lowest BCUT2D eigenvalue weighted by Crippen LogP contribution is -2.15. The second-order valence-electron chi connectivity index (χ2n) is 4.47. The Morgan fingerprint density at radius 1 is 1.25 bits per heavy atom. The van der Waals surface area contributed by atoms with Gasteiger partial charge in [-0.2, -0.15) is 0 Å². The lowest BCUT2D eigenvalue weighted by atomic mass is 10.0. The molecule has 0 saturated heterocycles. The second-order valence-corrected chi connectivity index (χ2v) is 4.47. The molecule has 0 aliphatic carbocycles. The molecule has 0 heterocycles. The van der Waals surface area contributed by atoms with E-state index in [1.807, 2.05) is 36.4 Å². The molecular formula is C16H18O4. The summed E-state index contributed by atoms with van der Waals surface area (Å²) >= 11 is 0. The molecule has 0 aliphatic heterocycles. The van der Waals surface area contributed by atoms with Gasteiger partial charge >= 0.3 is 5.97 Å². The van der Waals surface area contributed by atoms with Gasteiger partial charge in [0.25, 0.3) is 0 Å². The van der Waals surface area contributed by atoms with Crippen LogP contribution in [0.4, 0.5) is 0 Å². The highest BCUT2D eigenvalue weighted by molar-refractivity contribution is 5.90. The Morgan fingerprint density at radius 3 is 2.70 bits per heavy atom. The lowest BCUT2D eigenvalue weighted by Gasteiger charge is -2.15. The molecule has 0 aromatic heterocycles. The molecule has 2 aromatic carbocycles. The number of ether oxygens (including phenoxy) is 2. The summed E-state index contributed by atoms with van der Waals surface area (Å²) in [5.74, 6) is 0.114. The number of carbonyl (C=O) groups excluding carboxylic acids is 1. The molecule has 2 aromatic rings. The summed E-state index contributed by atoms with van der Waals surface area (Å²) < 4.78 is 10.4. The summed E-state index contributed by atoms with van der Waals surface area (Å²) in [5, 5.41) is 11.7. The van der Waals surface area contributed by atoms with Crippen molar-refractivity contribution < 1.29 is 19.4 Å². The van der Waals surface area contributed by atoms with E-state index in [-0.39, 0.29) is 6.61 Å². The van der Waals surface area contributed by atoms with Crippen LogP contribution in [0, 0.1) is 0 Å². The maximum absolute atomic E-state index is 11.4. The topological polar surface area (TPSA) is 55.8 Å². The van der Waals surface area contributed by atoms with Crippen molar-refractivity contribution in [3.8, 4) is 5.75 Å². The van der Waals surface area contributed by atoms with Crippen molar-refractivity contribution in [2.45, 2.75) is 20.0 Å². The first kappa shape index (κ1) is 14.3. The summed E-state index contributed by atoms with van der Waals surface area (Å²) in [7, 11) is 0. The molecule has 0 fully saturated rings.